The van der Waals surface area contributed by atoms with E-state index < -0.39 is 0 Å². The number of amidine groups is 1. The maximum Gasteiger partial charge on any atom is 0.177 e. The normalized spacial score (nSPS) is 18.7. The van der Waals surface area contributed by atoms with Crippen LogP contribution >= 0.6 is 11.8 Å². The van der Waals surface area contributed by atoms with E-state index in [1.165, 1.54) is 6.33 Å². The quantitative estimate of drug-likeness (QED) is 0.835. The number of hydrogen-bond acceptors (Lipinski definition) is 6. The maximum absolute atomic E-state index is 12.0. The number of fused-ring (bicyclic) bond motifs is 1. The number of nitrogens with zero attached hydrogens (tertiary/aromatic N) is 4. The minimum Gasteiger partial charge on any atom is -0.311 e. The minimum absolute atomic E-state index is 0.0743. The van der Waals surface area contributed by atoms with Crippen LogP contribution in [-0.2, 0) is 4.79 Å². The van der Waals surface area contributed by atoms with Crippen molar-refractivity contribution < 1.29 is 4.79 Å². The molecule has 5 nitrogen and oxygen atoms in total. The lowest BCUT2D eigenvalue weighted by Gasteiger charge is -2.19. The number of allylic oxidation sites excluding steroid dienone is 2. The summed E-state index contributed by atoms with van der Waals surface area (Å²) in [5.41, 5.74) is 2.72. The average molecular weight is 286 g/mol. The summed E-state index contributed by atoms with van der Waals surface area (Å²) in [4.78, 5) is 27.8. The molecule has 3 rings (SSSR count). The van der Waals surface area contributed by atoms with E-state index in [1.807, 2.05) is 18.7 Å². The van der Waals surface area contributed by atoms with E-state index in [2.05, 4.69) is 15.0 Å². The molecule has 20 heavy (non-hydrogen) atoms. The molecule has 3 heterocycles. The highest BCUT2D eigenvalue weighted by Crippen LogP contribution is 2.40. The lowest BCUT2D eigenvalue weighted by atomic mass is 10.2. The molecule has 0 bridgehead atoms. The van der Waals surface area contributed by atoms with Gasteiger partial charge in [0.15, 0.2) is 11.0 Å². The van der Waals surface area contributed by atoms with Gasteiger partial charge in [0.1, 0.15) is 6.33 Å². The average Bonchev–Trinajstić information content (AvgIpc) is 2.65. The number of carbonyl (C=O) groups is 1. The Morgan fingerprint density at radius 1 is 1.35 bits per heavy atom. The molecule has 0 saturated carbocycles. The zero-order valence-electron chi connectivity index (χ0n) is 11.3. The lowest BCUT2D eigenvalue weighted by Crippen LogP contribution is -2.28. The summed E-state index contributed by atoms with van der Waals surface area (Å²) in [5.74, 6) is 0.0743. The fraction of sp³-hybridized carbons (Fsp3) is 0.286. The van der Waals surface area contributed by atoms with Gasteiger partial charge in [-0.15, -0.1) is 0 Å². The first-order valence-electron chi connectivity index (χ1n) is 6.42. The van der Waals surface area contributed by atoms with Gasteiger partial charge >= 0.3 is 0 Å². The molecule has 0 fully saturated rings. The third kappa shape index (κ3) is 2.27. The Kier molecular flexibility index (Phi) is 3.40. The van der Waals surface area contributed by atoms with Crippen molar-refractivity contribution in [3.8, 4) is 0 Å². The van der Waals surface area contributed by atoms with Gasteiger partial charge < -0.3 is 4.90 Å². The molecule has 0 aromatic carbocycles. The molecular formula is C14H14N4OS. The number of hydrogen-bond donors (Lipinski definition) is 0. The Labute approximate surface area is 121 Å². The second-order valence-electron chi connectivity index (χ2n) is 4.57. The van der Waals surface area contributed by atoms with Gasteiger partial charge in [0.25, 0.3) is 0 Å². The van der Waals surface area contributed by atoms with E-state index in [4.69, 9.17) is 0 Å². The van der Waals surface area contributed by atoms with E-state index in [9.17, 15) is 4.79 Å². The summed E-state index contributed by atoms with van der Waals surface area (Å²) in [6, 6.07) is 0. The number of ketones is 1. The van der Waals surface area contributed by atoms with Crippen LogP contribution in [0.3, 0.4) is 0 Å². The van der Waals surface area contributed by atoms with Crippen molar-refractivity contribution in [2.24, 2.45) is 4.99 Å². The monoisotopic (exact) mass is 286 g/mol. The number of carbonyl (C=O) groups excluding carboxylic acids is 1. The van der Waals surface area contributed by atoms with Crippen molar-refractivity contribution in [3.05, 3.63) is 41.0 Å². The molecule has 102 valence electrons. The van der Waals surface area contributed by atoms with Crippen molar-refractivity contribution in [1.29, 1.82) is 0 Å². The van der Waals surface area contributed by atoms with Crippen LogP contribution in [0.4, 0.5) is 0 Å². The summed E-state index contributed by atoms with van der Waals surface area (Å²) < 4.78 is 0. The lowest BCUT2D eigenvalue weighted by molar-refractivity contribution is -0.114. The topological polar surface area (TPSA) is 58.5 Å². The number of aromatic nitrogens is 2. The van der Waals surface area contributed by atoms with Crippen molar-refractivity contribution in [2.45, 2.75) is 20.3 Å². The fourth-order valence-corrected chi connectivity index (χ4v) is 3.29. The van der Waals surface area contributed by atoms with E-state index in [1.54, 1.807) is 30.2 Å². The van der Waals surface area contributed by atoms with Crippen LogP contribution in [0, 0.1) is 0 Å². The van der Waals surface area contributed by atoms with Gasteiger partial charge in [0, 0.05) is 34.6 Å². The van der Waals surface area contributed by atoms with Crippen LogP contribution in [0.1, 0.15) is 25.8 Å². The molecule has 2 aliphatic rings. The summed E-state index contributed by atoms with van der Waals surface area (Å²) in [6.45, 7) is 4.35. The summed E-state index contributed by atoms with van der Waals surface area (Å²) in [7, 11) is 0. The summed E-state index contributed by atoms with van der Waals surface area (Å²) >= 11 is 1.59. The first-order valence-corrected chi connectivity index (χ1v) is 7.24. The number of rotatable bonds is 2. The van der Waals surface area contributed by atoms with Crippen LogP contribution in [0.2, 0.25) is 0 Å². The second kappa shape index (κ2) is 5.20. The van der Waals surface area contributed by atoms with Crippen LogP contribution in [0.5, 0.6) is 0 Å². The molecule has 0 spiro atoms. The molecular weight excluding hydrogens is 272 g/mol. The molecule has 2 aliphatic heterocycles. The predicted octanol–water partition coefficient (Wildman–Crippen LogP) is 2.45. The Morgan fingerprint density at radius 2 is 2.10 bits per heavy atom. The molecule has 0 aliphatic carbocycles. The minimum atomic E-state index is 0.0743. The highest BCUT2D eigenvalue weighted by Gasteiger charge is 2.31. The van der Waals surface area contributed by atoms with Gasteiger partial charge in [0.2, 0.25) is 0 Å². The van der Waals surface area contributed by atoms with Crippen molar-refractivity contribution >= 4 is 28.4 Å². The number of thioether (sulfide) groups is 1. The molecule has 0 atom stereocenters. The van der Waals surface area contributed by atoms with Crippen LogP contribution in [0.25, 0.3) is 5.70 Å². The van der Waals surface area contributed by atoms with Crippen molar-refractivity contribution in [1.82, 2.24) is 14.9 Å². The van der Waals surface area contributed by atoms with Crippen molar-refractivity contribution in [3.63, 3.8) is 0 Å². The largest absolute Gasteiger partial charge is 0.311 e. The van der Waals surface area contributed by atoms with E-state index in [0.717, 1.165) is 33.5 Å². The second-order valence-corrected chi connectivity index (χ2v) is 5.75. The first-order chi connectivity index (χ1) is 9.69. The Bertz CT molecular complexity index is 648. The molecule has 0 amide bonds. The Morgan fingerprint density at radius 3 is 2.80 bits per heavy atom. The number of aliphatic imine (C=N–C) groups is 1. The van der Waals surface area contributed by atoms with E-state index >= 15 is 0 Å². The SMILES string of the molecule is CCC1=CC(=O)CN2C(=N1)SC(C)=C2c1cncnc1. The molecule has 1 aromatic rings. The third-order valence-corrected chi connectivity index (χ3v) is 4.15. The van der Waals surface area contributed by atoms with E-state index in [-0.39, 0.29) is 5.78 Å². The van der Waals surface area contributed by atoms with Crippen LogP contribution in [-0.4, -0.2) is 32.4 Å². The summed E-state index contributed by atoms with van der Waals surface area (Å²) in [6.07, 6.45) is 7.42. The highest BCUT2D eigenvalue weighted by molar-refractivity contribution is 8.17. The molecule has 0 N–H and O–H groups in total. The van der Waals surface area contributed by atoms with Gasteiger partial charge in [-0.25, -0.2) is 15.0 Å². The first kappa shape index (κ1) is 13.1. The van der Waals surface area contributed by atoms with Gasteiger partial charge in [-0.3, -0.25) is 4.79 Å². The van der Waals surface area contributed by atoms with Gasteiger partial charge in [0.05, 0.1) is 12.2 Å². The van der Waals surface area contributed by atoms with Gasteiger partial charge in [-0.2, -0.15) is 0 Å². The molecule has 1 aromatic heterocycles. The predicted molar refractivity (Wildman–Crippen MR) is 79.7 cm³/mol. The van der Waals surface area contributed by atoms with E-state index in [0.29, 0.717) is 6.54 Å². The Hall–Kier alpha value is -1.95. The Balaban J connectivity index is 2.03. The molecule has 0 saturated heterocycles. The van der Waals surface area contributed by atoms with Gasteiger partial charge in [-0.1, -0.05) is 18.7 Å². The van der Waals surface area contributed by atoms with Crippen molar-refractivity contribution in [2.75, 3.05) is 6.54 Å². The molecule has 0 radical (unpaired) electrons. The summed E-state index contributed by atoms with van der Waals surface area (Å²) in [5, 5.41) is 0.861. The van der Waals surface area contributed by atoms with Crippen LogP contribution < -0.4 is 0 Å². The fourth-order valence-electron chi connectivity index (χ4n) is 2.26. The highest BCUT2D eigenvalue weighted by atomic mass is 32.2. The maximum atomic E-state index is 12.0. The van der Waals surface area contributed by atoms with Crippen LogP contribution in [0.15, 0.2) is 40.4 Å². The molecule has 0 unspecified atom stereocenters. The molecule has 6 heteroatoms. The zero-order chi connectivity index (χ0) is 14.1. The third-order valence-electron chi connectivity index (χ3n) is 3.16. The zero-order valence-corrected chi connectivity index (χ0v) is 12.1. The smallest absolute Gasteiger partial charge is 0.177 e. The standard InChI is InChI=1S/C14H14N4OS/c1-3-11-4-12(19)7-18-13(9(2)20-14(18)17-11)10-5-15-8-16-6-10/h4-6,8H,3,7H2,1-2H3. The van der Waals surface area contributed by atoms with Gasteiger partial charge in [-0.05, 0) is 13.3 Å².